The number of benzene rings is 1. The number of carbonyl (C=O) groups excluding carboxylic acids is 1. The minimum absolute atomic E-state index is 0.0850. The summed E-state index contributed by atoms with van der Waals surface area (Å²) < 4.78 is 2.14. The standard InChI is InChI=1S/C19H26N4O/c1-14(10-11-16-7-4-3-5-8-16)13-18(24)20-15(2)19-22-21-17-9-6-12-23(17)19/h3-5,7-8,14-15H,6,9-13H2,1-2H3,(H,20,24). The molecule has 5 heteroatoms. The van der Waals surface area contributed by atoms with Crippen molar-refractivity contribution < 1.29 is 4.79 Å². The second-order valence-corrected chi connectivity index (χ2v) is 6.85. The number of amides is 1. The Morgan fingerprint density at radius 2 is 2.04 bits per heavy atom. The molecule has 2 atom stereocenters. The SMILES string of the molecule is CC(CCc1ccccc1)CC(=O)NC(C)c1nnc2n1CCC2. The maximum Gasteiger partial charge on any atom is 0.220 e. The lowest BCUT2D eigenvalue weighted by molar-refractivity contribution is -0.122. The van der Waals surface area contributed by atoms with Crippen molar-refractivity contribution in [1.82, 2.24) is 20.1 Å². The van der Waals surface area contributed by atoms with Crippen LogP contribution in [0.3, 0.4) is 0 Å². The van der Waals surface area contributed by atoms with Crippen molar-refractivity contribution in [2.75, 3.05) is 0 Å². The summed E-state index contributed by atoms with van der Waals surface area (Å²) in [7, 11) is 0. The van der Waals surface area contributed by atoms with E-state index in [4.69, 9.17) is 0 Å². The van der Waals surface area contributed by atoms with E-state index in [1.165, 1.54) is 5.56 Å². The van der Waals surface area contributed by atoms with E-state index >= 15 is 0 Å². The van der Waals surface area contributed by atoms with Crippen molar-refractivity contribution in [3.05, 3.63) is 47.5 Å². The van der Waals surface area contributed by atoms with Crippen LogP contribution in [0.25, 0.3) is 0 Å². The maximum absolute atomic E-state index is 12.3. The van der Waals surface area contributed by atoms with Crippen molar-refractivity contribution in [2.24, 2.45) is 5.92 Å². The molecule has 0 radical (unpaired) electrons. The van der Waals surface area contributed by atoms with E-state index in [0.29, 0.717) is 12.3 Å². The molecule has 1 aliphatic rings. The molecule has 0 saturated carbocycles. The minimum Gasteiger partial charge on any atom is -0.346 e. The fourth-order valence-corrected chi connectivity index (χ4v) is 3.33. The van der Waals surface area contributed by atoms with Gasteiger partial charge in [0.05, 0.1) is 6.04 Å². The zero-order valence-electron chi connectivity index (χ0n) is 14.5. The van der Waals surface area contributed by atoms with Crippen LogP contribution in [0.15, 0.2) is 30.3 Å². The number of aryl methyl sites for hydroxylation is 2. The Bertz CT molecular complexity index is 680. The third-order valence-electron chi connectivity index (χ3n) is 4.71. The van der Waals surface area contributed by atoms with E-state index in [1.54, 1.807) is 0 Å². The Balaban J connectivity index is 1.46. The highest BCUT2D eigenvalue weighted by Gasteiger charge is 2.22. The lowest BCUT2D eigenvalue weighted by atomic mass is 9.98. The van der Waals surface area contributed by atoms with Gasteiger partial charge < -0.3 is 9.88 Å². The normalized spacial score (nSPS) is 15.8. The van der Waals surface area contributed by atoms with E-state index in [-0.39, 0.29) is 11.9 Å². The largest absolute Gasteiger partial charge is 0.346 e. The molecule has 0 aliphatic carbocycles. The molecule has 0 spiro atoms. The molecule has 1 aromatic heterocycles. The van der Waals surface area contributed by atoms with Crippen LogP contribution >= 0.6 is 0 Å². The number of rotatable bonds is 7. The van der Waals surface area contributed by atoms with Gasteiger partial charge in [0.15, 0.2) is 5.82 Å². The molecule has 2 aromatic rings. The zero-order chi connectivity index (χ0) is 16.9. The molecule has 2 heterocycles. The Labute approximate surface area is 143 Å². The van der Waals surface area contributed by atoms with Gasteiger partial charge in [0.2, 0.25) is 5.91 Å². The average Bonchev–Trinajstić information content (AvgIpc) is 3.16. The Morgan fingerprint density at radius 1 is 1.25 bits per heavy atom. The molecule has 1 aromatic carbocycles. The number of aromatic nitrogens is 3. The third-order valence-corrected chi connectivity index (χ3v) is 4.71. The molecular weight excluding hydrogens is 300 g/mol. The summed E-state index contributed by atoms with van der Waals surface area (Å²) in [6.07, 6.45) is 4.70. The Hall–Kier alpha value is -2.17. The average molecular weight is 326 g/mol. The summed E-state index contributed by atoms with van der Waals surface area (Å²) in [5.41, 5.74) is 1.33. The molecular formula is C19H26N4O. The third kappa shape index (κ3) is 4.02. The predicted molar refractivity (Wildman–Crippen MR) is 93.4 cm³/mol. The molecule has 5 nitrogen and oxygen atoms in total. The van der Waals surface area contributed by atoms with Gasteiger partial charge in [0, 0.05) is 19.4 Å². The van der Waals surface area contributed by atoms with Gasteiger partial charge in [0.25, 0.3) is 0 Å². The first-order valence-electron chi connectivity index (χ1n) is 8.88. The van der Waals surface area contributed by atoms with Crippen LogP contribution < -0.4 is 5.32 Å². The lowest BCUT2D eigenvalue weighted by Crippen LogP contribution is -2.29. The number of hydrogen-bond acceptors (Lipinski definition) is 3. The molecule has 0 saturated heterocycles. The quantitative estimate of drug-likeness (QED) is 0.850. The van der Waals surface area contributed by atoms with Crippen molar-refractivity contribution in [3.63, 3.8) is 0 Å². The number of carbonyl (C=O) groups is 1. The number of hydrogen-bond donors (Lipinski definition) is 1. The number of nitrogens with zero attached hydrogens (tertiary/aromatic N) is 3. The topological polar surface area (TPSA) is 59.8 Å². The first kappa shape index (κ1) is 16.7. The molecule has 0 fully saturated rings. The van der Waals surface area contributed by atoms with Gasteiger partial charge in [-0.05, 0) is 37.7 Å². The van der Waals surface area contributed by atoms with Gasteiger partial charge in [-0.1, -0.05) is 37.3 Å². The van der Waals surface area contributed by atoms with Crippen LogP contribution in [0.2, 0.25) is 0 Å². The van der Waals surface area contributed by atoms with Crippen molar-refractivity contribution in [1.29, 1.82) is 0 Å². The molecule has 1 amide bonds. The molecule has 3 rings (SSSR count). The fraction of sp³-hybridized carbons (Fsp3) is 0.526. The highest BCUT2D eigenvalue weighted by molar-refractivity contribution is 5.76. The van der Waals surface area contributed by atoms with Crippen molar-refractivity contribution in [2.45, 2.75) is 58.5 Å². The van der Waals surface area contributed by atoms with Crippen molar-refractivity contribution in [3.8, 4) is 0 Å². The van der Waals surface area contributed by atoms with Crippen LogP contribution in [-0.2, 0) is 24.2 Å². The molecule has 24 heavy (non-hydrogen) atoms. The Morgan fingerprint density at radius 3 is 2.83 bits per heavy atom. The second kappa shape index (κ2) is 7.60. The van der Waals surface area contributed by atoms with Crippen LogP contribution in [0, 0.1) is 5.92 Å². The highest BCUT2D eigenvalue weighted by Crippen LogP contribution is 2.19. The van der Waals surface area contributed by atoms with Gasteiger partial charge >= 0.3 is 0 Å². The summed E-state index contributed by atoms with van der Waals surface area (Å²) >= 11 is 0. The first-order chi connectivity index (χ1) is 11.6. The van der Waals surface area contributed by atoms with Gasteiger partial charge in [-0.2, -0.15) is 0 Å². The van der Waals surface area contributed by atoms with Crippen LogP contribution in [-0.4, -0.2) is 20.7 Å². The van der Waals surface area contributed by atoms with Crippen LogP contribution in [0.4, 0.5) is 0 Å². The maximum atomic E-state index is 12.3. The second-order valence-electron chi connectivity index (χ2n) is 6.85. The van der Waals surface area contributed by atoms with E-state index < -0.39 is 0 Å². The lowest BCUT2D eigenvalue weighted by Gasteiger charge is -2.16. The molecule has 1 aliphatic heterocycles. The predicted octanol–water partition coefficient (Wildman–Crippen LogP) is 3.06. The van der Waals surface area contributed by atoms with E-state index in [0.717, 1.165) is 43.9 Å². The minimum atomic E-state index is -0.0850. The summed E-state index contributed by atoms with van der Waals surface area (Å²) in [6.45, 7) is 5.09. The van der Waals surface area contributed by atoms with E-state index in [1.807, 2.05) is 13.0 Å². The summed E-state index contributed by atoms with van der Waals surface area (Å²) in [5.74, 6) is 2.38. The number of fused-ring (bicyclic) bond motifs is 1. The summed E-state index contributed by atoms with van der Waals surface area (Å²) in [4.78, 5) is 12.3. The van der Waals surface area contributed by atoms with Gasteiger partial charge in [-0.3, -0.25) is 4.79 Å². The van der Waals surface area contributed by atoms with E-state index in [2.05, 4.69) is 51.3 Å². The molecule has 0 bridgehead atoms. The number of nitrogens with one attached hydrogen (secondary N) is 1. The van der Waals surface area contributed by atoms with Gasteiger partial charge in [-0.25, -0.2) is 0 Å². The fourth-order valence-electron chi connectivity index (χ4n) is 3.33. The Kier molecular flexibility index (Phi) is 5.28. The van der Waals surface area contributed by atoms with E-state index in [9.17, 15) is 4.79 Å². The van der Waals surface area contributed by atoms with Gasteiger partial charge in [0.1, 0.15) is 5.82 Å². The van der Waals surface area contributed by atoms with Crippen LogP contribution in [0.5, 0.6) is 0 Å². The molecule has 1 N–H and O–H groups in total. The highest BCUT2D eigenvalue weighted by atomic mass is 16.1. The molecule has 2 unspecified atom stereocenters. The first-order valence-corrected chi connectivity index (χ1v) is 8.88. The monoisotopic (exact) mass is 326 g/mol. The van der Waals surface area contributed by atoms with Gasteiger partial charge in [-0.15, -0.1) is 10.2 Å². The van der Waals surface area contributed by atoms with Crippen molar-refractivity contribution >= 4 is 5.91 Å². The summed E-state index contributed by atoms with van der Waals surface area (Å²) in [6, 6.07) is 10.3. The zero-order valence-corrected chi connectivity index (χ0v) is 14.5. The smallest absolute Gasteiger partial charge is 0.220 e. The summed E-state index contributed by atoms with van der Waals surface area (Å²) in [5, 5.41) is 11.5. The molecule has 128 valence electrons. The van der Waals surface area contributed by atoms with Crippen LogP contribution in [0.1, 0.15) is 56.4 Å².